The molecule has 92 valence electrons. The first-order valence-corrected chi connectivity index (χ1v) is 5.60. The number of ether oxygens (including phenoxy) is 2. The fourth-order valence-corrected chi connectivity index (χ4v) is 2.12. The van der Waals surface area contributed by atoms with E-state index in [-0.39, 0.29) is 12.6 Å². The van der Waals surface area contributed by atoms with Crippen molar-refractivity contribution in [3.05, 3.63) is 29.5 Å². The predicted octanol–water partition coefficient (Wildman–Crippen LogP) is 1.81. The Labute approximate surface area is 104 Å². The van der Waals surface area contributed by atoms with Gasteiger partial charge in [0.25, 0.3) is 0 Å². The number of hydrogen-bond donors (Lipinski definition) is 1. The molecule has 3 rings (SSSR count). The Hall–Kier alpha value is -2.30. The van der Waals surface area contributed by atoms with Gasteiger partial charge in [-0.1, -0.05) is 0 Å². The van der Waals surface area contributed by atoms with Crippen LogP contribution in [-0.4, -0.2) is 25.5 Å². The van der Waals surface area contributed by atoms with Gasteiger partial charge in [-0.25, -0.2) is 9.79 Å². The van der Waals surface area contributed by atoms with Crippen LogP contribution in [0.2, 0.25) is 0 Å². The minimum Gasteiger partial charge on any atom is -0.497 e. The van der Waals surface area contributed by atoms with Gasteiger partial charge in [0, 0.05) is 16.8 Å². The van der Waals surface area contributed by atoms with E-state index in [1.54, 1.807) is 7.11 Å². The zero-order chi connectivity index (χ0) is 12.7. The highest BCUT2D eigenvalue weighted by molar-refractivity contribution is 6.10. The number of hydrogen-bond acceptors (Lipinski definition) is 5. The molecule has 0 bridgehead atoms. The molecule has 2 heterocycles. The van der Waals surface area contributed by atoms with Crippen molar-refractivity contribution in [2.75, 3.05) is 19.0 Å². The molecule has 0 aliphatic carbocycles. The van der Waals surface area contributed by atoms with Crippen molar-refractivity contribution in [2.45, 2.75) is 6.92 Å². The van der Waals surface area contributed by atoms with Crippen LogP contribution in [0, 0.1) is 0 Å². The number of rotatable bonds is 1. The van der Waals surface area contributed by atoms with E-state index in [0.29, 0.717) is 11.5 Å². The van der Waals surface area contributed by atoms with Gasteiger partial charge in [0.15, 0.2) is 5.70 Å². The van der Waals surface area contributed by atoms with Gasteiger partial charge in [-0.3, -0.25) is 0 Å². The Balaban J connectivity index is 2.23. The minimum absolute atomic E-state index is 0.257. The molecule has 0 fully saturated rings. The van der Waals surface area contributed by atoms with E-state index in [0.717, 1.165) is 22.6 Å². The third-order valence-corrected chi connectivity index (χ3v) is 2.97. The Kier molecular flexibility index (Phi) is 2.33. The summed E-state index contributed by atoms with van der Waals surface area (Å²) in [4.78, 5) is 15.9. The second-order valence-electron chi connectivity index (χ2n) is 4.14. The molecule has 0 radical (unpaired) electrons. The summed E-state index contributed by atoms with van der Waals surface area (Å²) >= 11 is 0. The van der Waals surface area contributed by atoms with Crippen LogP contribution in [0.1, 0.15) is 12.5 Å². The number of fused-ring (bicyclic) bond motifs is 2. The number of nitrogens with zero attached hydrogens (tertiary/aromatic N) is 1. The summed E-state index contributed by atoms with van der Waals surface area (Å²) in [5.74, 6) is 1.04. The Morgan fingerprint density at radius 3 is 3.06 bits per heavy atom. The molecule has 1 aromatic carbocycles. The average Bonchev–Trinajstić information content (AvgIpc) is 2.65. The number of aliphatic imine (C=N–C) groups is 1. The number of cyclic esters (lactones) is 1. The minimum atomic E-state index is -0.373. The number of methoxy groups -OCH3 is 1. The summed E-state index contributed by atoms with van der Waals surface area (Å²) in [6.07, 6.45) is 0. The second-order valence-corrected chi connectivity index (χ2v) is 4.14. The van der Waals surface area contributed by atoms with E-state index >= 15 is 0 Å². The predicted molar refractivity (Wildman–Crippen MR) is 67.6 cm³/mol. The average molecular weight is 244 g/mol. The fraction of sp³-hybridized carbons (Fsp3) is 0.231. The van der Waals surface area contributed by atoms with Crippen LogP contribution in [-0.2, 0) is 9.53 Å². The highest BCUT2D eigenvalue weighted by atomic mass is 16.5. The number of anilines is 1. The van der Waals surface area contributed by atoms with Crippen molar-refractivity contribution in [1.29, 1.82) is 0 Å². The molecular formula is C13H12N2O3. The number of nitrogens with one attached hydrogen (secondary N) is 1. The number of carbonyl (C=O) groups is 1. The van der Waals surface area contributed by atoms with Gasteiger partial charge in [-0.05, 0) is 25.1 Å². The lowest BCUT2D eigenvalue weighted by Gasteiger charge is -2.11. The molecule has 0 amide bonds. The normalized spacial score (nSPS) is 17.2. The molecule has 0 atom stereocenters. The van der Waals surface area contributed by atoms with Gasteiger partial charge in [0.2, 0.25) is 0 Å². The first kappa shape index (κ1) is 10.8. The van der Waals surface area contributed by atoms with Crippen LogP contribution in [0.3, 0.4) is 0 Å². The van der Waals surface area contributed by atoms with E-state index < -0.39 is 0 Å². The lowest BCUT2D eigenvalue weighted by atomic mass is 10.0. The largest absolute Gasteiger partial charge is 0.497 e. The monoisotopic (exact) mass is 244 g/mol. The smallest absolute Gasteiger partial charge is 0.357 e. The Morgan fingerprint density at radius 2 is 2.28 bits per heavy atom. The molecular weight excluding hydrogens is 232 g/mol. The highest BCUT2D eigenvalue weighted by Crippen LogP contribution is 2.36. The van der Waals surface area contributed by atoms with E-state index in [4.69, 9.17) is 9.47 Å². The summed E-state index contributed by atoms with van der Waals surface area (Å²) in [5, 5.41) is 3.17. The van der Waals surface area contributed by atoms with Gasteiger partial charge in [-0.2, -0.15) is 0 Å². The van der Waals surface area contributed by atoms with Crippen molar-refractivity contribution in [3.63, 3.8) is 0 Å². The van der Waals surface area contributed by atoms with Crippen molar-refractivity contribution in [3.8, 4) is 5.75 Å². The van der Waals surface area contributed by atoms with E-state index in [1.807, 2.05) is 25.1 Å². The summed E-state index contributed by atoms with van der Waals surface area (Å²) in [5.41, 5.74) is 2.99. The summed E-state index contributed by atoms with van der Waals surface area (Å²) < 4.78 is 10.3. The molecule has 0 saturated carbocycles. The van der Waals surface area contributed by atoms with E-state index in [9.17, 15) is 4.79 Å². The van der Waals surface area contributed by atoms with E-state index in [2.05, 4.69) is 10.3 Å². The molecule has 1 aromatic rings. The standard InChI is InChI=1S/C13H12N2O3/c1-7-14-11-4-3-8(17-2)5-9(11)10-6-18-13(16)12(10)15-7/h3-5H,6H2,1-2H3,(H,14,15). The summed E-state index contributed by atoms with van der Waals surface area (Å²) in [6.45, 7) is 2.07. The molecule has 2 aliphatic heterocycles. The molecule has 5 heteroatoms. The fourth-order valence-electron chi connectivity index (χ4n) is 2.12. The first-order valence-electron chi connectivity index (χ1n) is 5.60. The first-order chi connectivity index (χ1) is 8.69. The maximum Gasteiger partial charge on any atom is 0.357 e. The van der Waals surface area contributed by atoms with Crippen LogP contribution in [0.5, 0.6) is 5.75 Å². The van der Waals surface area contributed by atoms with Crippen LogP contribution < -0.4 is 10.1 Å². The van der Waals surface area contributed by atoms with Crippen LogP contribution in [0.4, 0.5) is 5.69 Å². The maximum atomic E-state index is 11.6. The summed E-state index contributed by atoms with van der Waals surface area (Å²) in [7, 11) is 1.61. The second kappa shape index (κ2) is 3.87. The molecule has 1 N–H and O–H groups in total. The quantitative estimate of drug-likeness (QED) is 0.765. The third kappa shape index (κ3) is 1.55. The van der Waals surface area contributed by atoms with Gasteiger partial charge in [-0.15, -0.1) is 0 Å². The molecule has 0 aromatic heterocycles. The highest BCUT2D eigenvalue weighted by Gasteiger charge is 2.29. The number of esters is 1. The van der Waals surface area contributed by atoms with Gasteiger partial charge in [0.05, 0.1) is 7.11 Å². The maximum absolute atomic E-state index is 11.6. The zero-order valence-electron chi connectivity index (χ0n) is 10.1. The van der Waals surface area contributed by atoms with Crippen molar-refractivity contribution in [2.24, 2.45) is 4.99 Å². The molecule has 18 heavy (non-hydrogen) atoms. The lowest BCUT2D eigenvalue weighted by Crippen LogP contribution is -2.09. The SMILES string of the molecule is COc1ccc2c(c1)C1=C(N=C(C)N2)C(=O)OC1. The van der Waals surface area contributed by atoms with Gasteiger partial charge >= 0.3 is 5.97 Å². The number of carbonyl (C=O) groups excluding carboxylic acids is 1. The summed E-state index contributed by atoms with van der Waals surface area (Å²) in [6, 6.07) is 5.65. The Morgan fingerprint density at radius 1 is 1.44 bits per heavy atom. The van der Waals surface area contributed by atoms with Crippen LogP contribution in [0.25, 0.3) is 5.57 Å². The van der Waals surface area contributed by atoms with Crippen molar-refractivity contribution >= 4 is 23.1 Å². The zero-order valence-corrected chi connectivity index (χ0v) is 10.1. The van der Waals surface area contributed by atoms with Crippen molar-refractivity contribution < 1.29 is 14.3 Å². The molecule has 0 unspecified atom stereocenters. The number of benzene rings is 1. The van der Waals surface area contributed by atoms with E-state index in [1.165, 1.54) is 0 Å². The van der Waals surface area contributed by atoms with Crippen molar-refractivity contribution in [1.82, 2.24) is 0 Å². The molecule has 2 aliphatic rings. The lowest BCUT2D eigenvalue weighted by molar-refractivity contribution is -0.135. The third-order valence-electron chi connectivity index (χ3n) is 2.97. The molecule has 0 spiro atoms. The number of amidine groups is 1. The Bertz CT molecular complexity index is 602. The van der Waals surface area contributed by atoms with Gasteiger partial charge in [0.1, 0.15) is 18.2 Å². The molecule has 5 nitrogen and oxygen atoms in total. The molecule has 0 saturated heterocycles. The van der Waals surface area contributed by atoms with Gasteiger partial charge < -0.3 is 14.8 Å². The van der Waals surface area contributed by atoms with Crippen LogP contribution in [0.15, 0.2) is 28.9 Å². The van der Waals surface area contributed by atoms with Crippen LogP contribution >= 0.6 is 0 Å². The topological polar surface area (TPSA) is 59.9 Å².